The molecule has 0 radical (unpaired) electrons. The zero-order valence-electron chi connectivity index (χ0n) is 11.0. The maximum Gasteiger partial charge on any atom is 0.272 e. The van der Waals surface area contributed by atoms with Crippen LogP contribution in [0.15, 0.2) is 41.2 Å². The maximum atomic E-state index is 12.0. The minimum atomic E-state index is -0.184. The van der Waals surface area contributed by atoms with Crippen molar-refractivity contribution in [1.29, 1.82) is 0 Å². The van der Waals surface area contributed by atoms with Crippen LogP contribution in [0.4, 0.5) is 0 Å². The highest BCUT2D eigenvalue weighted by Gasteiger charge is 2.10. The number of nitrogens with two attached hydrogens (primary N) is 1. The highest BCUT2D eigenvalue weighted by molar-refractivity contribution is 5.70. The largest absolute Gasteiger partial charge is 0.496 e. The molecule has 0 atom stereocenters. The van der Waals surface area contributed by atoms with Crippen molar-refractivity contribution in [1.82, 2.24) is 14.6 Å². The highest BCUT2D eigenvalue weighted by atomic mass is 16.5. The van der Waals surface area contributed by atoms with Crippen molar-refractivity contribution < 1.29 is 4.74 Å². The van der Waals surface area contributed by atoms with Gasteiger partial charge in [-0.2, -0.15) is 0 Å². The van der Waals surface area contributed by atoms with Crippen molar-refractivity contribution in [3.8, 4) is 17.0 Å². The zero-order valence-corrected chi connectivity index (χ0v) is 11.0. The van der Waals surface area contributed by atoms with E-state index in [0.29, 0.717) is 11.3 Å². The Hall–Kier alpha value is -2.60. The summed E-state index contributed by atoms with van der Waals surface area (Å²) in [5.74, 6) is 0.728. The number of fused-ring (bicyclic) bond motifs is 1. The van der Waals surface area contributed by atoms with E-state index < -0.39 is 0 Å². The number of H-pyrrole nitrogens is 1. The van der Waals surface area contributed by atoms with Crippen LogP contribution in [0.3, 0.4) is 0 Å². The molecule has 0 amide bonds. The molecule has 2 aromatic heterocycles. The van der Waals surface area contributed by atoms with Crippen LogP contribution in [-0.4, -0.2) is 21.7 Å². The number of aromatic amines is 1. The molecule has 3 aromatic rings. The Morgan fingerprint density at radius 3 is 2.90 bits per heavy atom. The molecule has 0 aliphatic carbocycles. The number of rotatable bonds is 3. The molecule has 0 unspecified atom stereocenters. The second kappa shape index (κ2) is 4.82. The summed E-state index contributed by atoms with van der Waals surface area (Å²) in [4.78, 5) is 16.3. The molecular weight excluding hydrogens is 256 g/mol. The van der Waals surface area contributed by atoms with Gasteiger partial charge in [0.25, 0.3) is 5.56 Å². The van der Waals surface area contributed by atoms with Crippen LogP contribution in [-0.2, 0) is 6.54 Å². The summed E-state index contributed by atoms with van der Waals surface area (Å²) >= 11 is 0. The average Bonchev–Trinajstić information content (AvgIpc) is 2.91. The number of nitrogens with zero attached hydrogens (tertiary/aromatic N) is 2. The summed E-state index contributed by atoms with van der Waals surface area (Å²) in [7, 11) is 1.61. The van der Waals surface area contributed by atoms with Gasteiger partial charge in [0, 0.05) is 24.2 Å². The number of hydrogen-bond acceptors (Lipinski definition) is 4. The third-order valence-electron chi connectivity index (χ3n) is 3.11. The van der Waals surface area contributed by atoms with Gasteiger partial charge in [-0.05, 0) is 12.1 Å². The van der Waals surface area contributed by atoms with Crippen molar-refractivity contribution in [3.05, 3.63) is 52.4 Å². The van der Waals surface area contributed by atoms with Gasteiger partial charge in [0.1, 0.15) is 5.75 Å². The normalized spacial score (nSPS) is 10.9. The first-order valence-corrected chi connectivity index (χ1v) is 6.18. The molecule has 0 saturated carbocycles. The molecule has 0 aliphatic rings. The lowest BCUT2D eigenvalue weighted by molar-refractivity contribution is 0.416. The number of nitrogens with one attached hydrogen (secondary N) is 1. The SMILES string of the molecule is COc1ccccc1-c1cc2nc(CN)cc(=O)n2[nH]1. The molecule has 102 valence electrons. The van der Waals surface area contributed by atoms with Crippen LogP contribution in [0.5, 0.6) is 5.75 Å². The smallest absolute Gasteiger partial charge is 0.272 e. The Morgan fingerprint density at radius 2 is 2.15 bits per heavy atom. The molecule has 6 nitrogen and oxygen atoms in total. The molecule has 20 heavy (non-hydrogen) atoms. The summed E-state index contributed by atoms with van der Waals surface area (Å²) in [6.45, 7) is 0.237. The predicted molar refractivity (Wildman–Crippen MR) is 75.7 cm³/mol. The van der Waals surface area contributed by atoms with Crippen LogP contribution in [0.25, 0.3) is 16.9 Å². The van der Waals surface area contributed by atoms with E-state index >= 15 is 0 Å². The first-order chi connectivity index (χ1) is 9.72. The summed E-state index contributed by atoms with van der Waals surface area (Å²) in [6.07, 6.45) is 0. The lowest BCUT2D eigenvalue weighted by Crippen LogP contribution is -2.16. The van der Waals surface area contributed by atoms with E-state index in [2.05, 4.69) is 10.1 Å². The Balaban J connectivity index is 2.23. The minimum absolute atomic E-state index is 0.184. The first kappa shape index (κ1) is 12.4. The zero-order chi connectivity index (χ0) is 14.1. The quantitative estimate of drug-likeness (QED) is 0.747. The number of aromatic nitrogens is 3. The molecule has 3 N–H and O–H groups in total. The fraction of sp³-hybridized carbons (Fsp3) is 0.143. The van der Waals surface area contributed by atoms with E-state index in [1.54, 1.807) is 13.2 Å². The fourth-order valence-electron chi connectivity index (χ4n) is 2.15. The van der Waals surface area contributed by atoms with Gasteiger partial charge < -0.3 is 10.5 Å². The van der Waals surface area contributed by atoms with Gasteiger partial charge in [-0.3, -0.25) is 9.89 Å². The second-order valence-electron chi connectivity index (χ2n) is 4.35. The van der Waals surface area contributed by atoms with Gasteiger partial charge in [-0.25, -0.2) is 9.50 Å². The summed E-state index contributed by atoms with van der Waals surface area (Å²) < 4.78 is 6.71. The highest BCUT2D eigenvalue weighted by Crippen LogP contribution is 2.28. The Kier molecular flexibility index (Phi) is 3.00. The fourth-order valence-corrected chi connectivity index (χ4v) is 2.15. The predicted octanol–water partition coefficient (Wildman–Crippen LogP) is 1.16. The summed E-state index contributed by atoms with van der Waals surface area (Å²) in [6, 6.07) is 10.8. The number of benzene rings is 1. The standard InChI is InChI=1S/C14H14N4O2/c1-20-12-5-3-2-4-10(12)11-7-13-16-9(8-15)6-14(19)18(13)17-11/h2-7,17H,8,15H2,1H3. The maximum absolute atomic E-state index is 12.0. The molecule has 1 aromatic carbocycles. The molecule has 0 saturated heterocycles. The van der Waals surface area contributed by atoms with Crippen LogP contribution < -0.4 is 16.0 Å². The lowest BCUT2D eigenvalue weighted by Gasteiger charge is -2.05. The molecular formula is C14H14N4O2. The van der Waals surface area contributed by atoms with Crippen molar-refractivity contribution in [2.24, 2.45) is 5.73 Å². The number of para-hydroxylation sites is 1. The van der Waals surface area contributed by atoms with Gasteiger partial charge in [-0.1, -0.05) is 12.1 Å². The van der Waals surface area contributed by atoms with Crippen molar-refractivity contribution in [2.75, 3.05) is 7.11 Å². The minimum Gasteiger partial charge on any atom is -0.496 e. The van der Waals surface area contributed by atoms with Crippen molar-refractivity contribution in [3.63, 3.8) is 0 Å². The average molecular weight is 270 g/mol. The summed E-state index contributed by atoms with van der Waals surface area (Å²) in [5.41, 5.74) is 8.09. The number of ether oxygens (including phenoxy) is 1. The Labute approximate surface area is 114 Å². The van der Waals surface area contributed by atoms with Gasteiger partial charge in [0.05, 0.1) is 18.5 Å². The van der Waals surface area contributed by atoms with Crippen LogP contribution in [0, 0.1) is 0 Å². The monoisotopic (exact) mass is 270 g/mol. The van der Waals surface area contributed by atoms with Crippen molar-refractivity contribution >= 4 is 5.65 Å². The molecule has 0 aliphatic heterocycles. The third kappa shape index (κ3) is 1.96. The van der Waals surface area contributed by atoms with Gasteiger partial charge >= 0.3 is 0 Å². The molecule has 3 rings (SSSR count). The van der Waals surface area contributed by atoms with Crippen LogP contribution >= 0.6 is 0 Å². The van der Waals surface area contributed by atoms with Gasteiger partial charge in [-0.15, -0.1) is 0 Å². The van der Waals surface area contributed by atoms with Gasteiger partial charge in [0.2, 0.25) is 0 Å². The first-order valence-electron chi connectivity index (χ1n) is 6.18. The van der Waals surface area contributed by atoms with E-state index in [1.165, 1.54) is 10.6 Å². The van der Waals surface area contributed by atoms with Crippen LogP contribution in [0.2, 0.25) is 0 Å². The number of hydrogen-bond donors (Lipinski definition) is 2. The van der Waals surface area contributed by atoms with E-state index in [1.807, 2.05) is 24.3 Å². The molecule has 2 heterocycles. The molecule has 0 bridgehead atoms. The van der Waals surface area contributed by atoms with Crippen LogP contribution in [0.1, 0.15) is 5.69 Å². The number of methoxy groups -OCH3 is 1. The Bertz CT molecular complexity index is 819. The third-order valence-corrected chi connectivity index (χ3v) is 3.11. The molecule has 0 spiro atoms. The topological polar surface area (TPSA) is 85.4 Å². The summed E-state index contributed by atoms with van der Waals surface area (Å²) in [5, 5.41) is 3.03. The Morgan fingerprint density at radius 1 is 1.35 bits per heavy atom. The van der Waals surface area contributed by atoms with Crippen molar-refractivity contribution in [2.45, 2.75) is 6.54 Å². The van der Waals surface area contributed by atoms with Gasteiger partial charge in [0.15, 0.2) is 5.65 Å². The molecule has 6 heteroatoms. The van der Waals surface area contributed by atoms with E-state index in [9.17, 15) is 4.79 Å². The van der Waals surface area contributed by atoms with E-state index in [4.69, 9.17) is 10.5 Å². The van der Waals surface area contributed by atoms with E-state index in [0.717, 1.165) is 17.0 Å². The lowest BCUT2D eigenvalue weighted by atomic mass is 10.1. The van der Waals surface area contributed by atoms with E-state index in [-0.39, 0.29) is 12.1 Å². The second-order valence-corrected chi connectivity index (χ2v) is 4.35. The molecule has 0 fully saturated rings.